The Morgan fingerprint density at radius 3 is 2.79 bits per heavy atom. The number of nitrogens with one attached hydrogen (secondary N) is 1. The maximum atomic E-state index is 10.7. The first kappa shape index (κ1) is 17.5. The molecule has 0 radical (unpaired) electrons. The third-order valence-corrected chi connectivity index (χ3v) is 4.86. The van der Waals surface area contributed by atoms with Crippen LogP contribution in [0, 0.1) is 21.4 Å². The summed E-state index contributed by atoms with van der Waals surface area (Å²) >= 11 is 1.35. The van der Waals surface area contributed by atoms with Crippen LogP contribution in [0.2, 0.25) is 0 Å². The van der Waals surface area contributed by atoms with Crippen molar-refractivity contribution < 1.29 is 14.4 Å². The van der Waals surface area contributed by atoms with Crippen molar-refractivity contribution >= 4 is 28.3 Å². The number of non-ortho nitro benzene ring substituents is 1. The van der Waals surface area contributed by atoms with Crippen LogP contribution in [0.15, 0.2) is 54.0 Å². The number of nitriles is 1. The summed E-state index contributed by atoms with van der Waals surface area (Å²) in [5, 5.41) is 25.6. The maximum Gasteiger partial charge on any atom is 0.269 e. The first-order valence-electron chi connectivity index (χ1n) is 8.11. The number of hydrogen-bond donors (Lipinski definition) is 1. The fourth-order valence-corrected chi connectivity index (χ4v) is 3.36. The number of thiazole rings is 1. The zero-order valence-corrected chi connectivity index (χ0v) is 15.1. The Morgan fingerprint density at radius 2 is 2.04 bits per heavy atom. The van der Waals surface area contributed by atoms with Gasteiger partial charge in [0.1, 0.15) is 16.6 Å². The number of anilines is 1. The van der Waals surface area contributed by atoms with Crippen LogP contribution in [0.5, 0.6) is 11.5 Å². The van der Waals surface area contributed by atoms with Gasteiger partial charge in [-0.1, -0.05) is 0 Å². The average Bonchev–Trinajstić information content (AvgIpc) is 3.38. The third kappa shape index (κ3) is 3.49. The molecule has 28 heavy (non-hydrogen) atoms. The zero-order valence-electron chi connectivity index (χ0n) is 14.3. The minimum atomic E-state index is -0.465. The lowest BCUT2D eigenvalue weighted by Gasteiger charge is -2.01. The molecular weight excluding hydrogens is 380 g/mol. The second kappa shape index (κ2) is 7.38. The Kier molecular flexibility index (Phi) is 4.62. The molecule has 2 heterocycles. The predicted octanol–water partition coefficient (Wildman–Crippen LogP) is 4.42. The SMILES string of the molecule is N#C/C(=C/Nc1ccc([N+](=O)[O-])cc1)c1nc(-c2ccc3c(c2)OCO3)cs1. The summed E-state index contributed by atoms with van der Waals surface area (Å²) in [6.45, 7) is 0.205. The smallest absolute Gasteiger partial charge is 0.269 e. The molecule has 0 bridgehead atoms. The van der Waals surface area contributed by atoms with Crippen molar-refractivity contribution in [2.45, 2.75) is 0 Å². The summed E-state index contributed by atoms with van der Waals surface area (Å²) in [6, 6.07) is 13.6. The van der Waals surface area contributed by atoms with E-state index in [4.69, 9.17) is 9.47 Å². The van der Waals surface area contributed by atoms with Crippen molar-refractivity contribution in [3.05, 3.63) is 69.2 Å². The van der Waals surface area contributed by atoms with Crippen LogP contribution in [-0.2, 0) is 0 Å². The highest BCUT2D eigenvalue weighted by atomic mass is 32.1. The van der Waals surface area contributed by atoms with E-state index in [2.05, 4.69) is 16.4 Å². The monoisotopic (exact) mass is 392 g/mol. The molecule has 0 atom stereocenters. The number of benzene rings is 2. The lowest BCUT2D eigenvalue weighted by molar-refractivity contribution is -0.384. The fourth-order valence-electron chi connectivity index (χ4n) is 2.56. The van der Waals surface area contributed by atoms with Gasteiger partial charge in [0.05, 0.1) is 10.6 Å². The van der Waals surface area contributed by atoms with Gasteiger partial charge < -0.3 is 14.8 Å². The van der Waals surface area contributed by atoms with Crippen LogP contribution in [0.1, 0.15) is 5.01 Å². The minimum absolute atomic E-state index is 0.00308. The molecule has 9 heteroatoms. The van der Waals surface area contributed by atoms with Gasteiger partial charge in [-0.25, -0.2) is 4.98 Å². The van der Waals surface area contributed by atoms with Crippen molar-refractivity contribution in [3.8, 4) is 28.8 Å². The molecule has 4 rings (SSSR count). The molecule has 1 aromatic heterocycles. The van der Waals surface area contributed by atoms with E-state index < -0.39 is 4.92 Å². The maximum absolute atomic E-state index is 10.7. The van der Waals surface area contributed by atoms with Crippen LogP contribution in [-0.4, -0.2) is 16.7 Å². The van der Waals surface area contributed by atoms with E-state index in [1.165, 1.54) is 29.7 Å². The Balaban J connectivity index is 1.53. The number of rotatable bonds is 5. The Bertz CT molecular complexity index is 1120. The molecule has 2 aromatic carbocycles. The van der Waals surface area contributed by atoms with Gasteiger partial charge in [-0.3, -0.25) is 10.1 Å². The first-order valence-corrected chi connectivity index (χ1v) is 8.99. The largest absolute Gasteiger partial charge is 0.454 e. The van der Waals surface area contributed by atoms with Crippen molar-refractivity contribution in [3.63, 3.8) is 0 Å². The normalized spacial score (nSPS) is 12.5. The molecule has 0 aliphatic carbocycles. The highest BCUT2D eigenvalue weighted by Gasteiger charge is 2.16. The summed E-state index contributed by atoms with van der Waals surface area (Å²) in [5.74, 6) is 1.37. The lowest BCUT2D eigenvalue weighted by Crippen LogP contribution is -1.93. The molecular formula is C19H12N4O4S. The zero-order chi connectivity index (χ0) is 19.5. The van der Waals surface area contributed by atoms with E-state index in [1.807, 2.05) is 23.6 Å². The number of fused-ring (bicyclic) bond motifs is 1. The van der Waals surface area contributed by atoms with Gasteiger partial charge in [-0.15, -0.1) is 11.3 Å². The van der Waals surface area contributed by atoms with Crippen LogP contribution in [0.4, 0.5) is 11.4 Å². The summed E-state index contributed by atoms with van der Waals surface area (Å²) in [7, 11) is 0. The van der Waals surface area contributed by atoms with Gasteiger partial charge in [0, 0.05) is 35.0 Å². The van der Waals surface area contributed by atoms with Gasteiger partial charge in [0.15, 0.2) is 11.5 Å². The highest BCUT2D eigenvalue weighted by Crippen LogP contribution is 2.36. The standard InChI is InChI=1S/C19H12N4O4S/c20-8-13(9-21-14-2-4-15(5-3-14)23(24)25)19-22-16(10-28-19)12-1-6-17-18(7-12)27-11-26-17/h1-7,9-10,21H,11H2/b13-9-. The van der Waals surface area contributed by atoms with Gasteiger partial charge >= 0.3 is 0 Å². The molecule has 0 unspecified atom stereocenters. The summed E-state index contributed by atoms with van der Waals surface area (Å²) in [5.41, 5.74) is 2.59. The van der Waals surface area contributed by atoms with Crippen molar-refractivity contribution in [2.75, 3.05) is 12.1 Å². The third-order valence-electron chi connectivity index (χ3n) is 3.98. The van der Waals surface area contributed by atoms with E-state index in [0.717, 1.165) is 11.3 Å². The molecule has 0 amide bonds. The minimum Gasteiger partial charge on any atom is -0.454 e. The number of nitro benzene ring substituents is 1. The number of allylic oxidation sites excluding steroid dienone is 1. The predicted molar refractivity (Wildman–Crippen MR) is 104 cm³/mol. The molecule has 3 aromatic rings. The van der Waals surface area contributed by atoms with Crippen LogP contribution >= 0.6 is 11.3 Å². The second-order valence-electron chi connectivity index (χ2n) is 5.72. The molecule has 1 aliphatic rings. The fraction of sp³-hybridized carbons (Fsp3) is 0.0526. The molecule has 1 N–H and O–H groups in total. The quantitative estimate of drug-likeness (QED) is 0.389. The van der Waals surface area contributed by atoms with E-state index in [-0.39, 0.29) is 12.5 Å². The molecule has 138 valence electrons. The topological polar surface area (TPSA) is 110 Å². The summed E-state index contributed by atoms with van der Waals surface area (Å²) in [4.78, 5) is 14.8. The molecule has 0 saturated carbocycles. The Hall–Kier alpha value is -3.90. The van der Waals surface area contributed by atoms with E-state index in [1.54, 1.807) is 12.1 Å². The number of ether oxygens (including phenoxy) is 2. The molecule has 8 nitrogen and oxygen atoms in total. The number of hydrogen-bond acceptors (Lipinski definition) is 8. The van der Waals surface area contributed by atoms with Crippen molar-refractivity contribution in [2.24, 2.45) is 0 Å². The Morgan fingerprint density at radius 1 is 1.25 bits per heavy atom. The van der Waals surface area contributed by atoms with Gasteiger partial charge in [-0.05, 0) is 30.3 Å². The number of aromatic nitrogens is 1. The van der Waals surface area contributed by atoms with E-state index in [0.29, 0.717) is 27.8 Å². The Labute approximate surface area is 163 Å². The highest BCUT2D eigenvalue weighted by molar-refractivity contribution is 7.11. The summed E-state index contributed by atoms with van der Waals surface area (Å²) in [6.07, 6.45) is 1.53. The van der Waals surface area contributed by atoms with Crippen LogP contribution in [0.25, 0.3) is 16.8 Å². The van der Waals surface area contributed by atoms with Gasteiger partial charge in [-0.2, -0.15) is 5.26 Å². The van der Waals surface area contributed by atoms with Crippen molar-refractivity contribution in [1.29, 1.82) is 5.26 Å². The second-order valence-corrected chi connectivity index (χ2v) is 6.58. The van der Waals surface area contributed by atoms with Crippen molar-refractivity contribution in [1.82, 2.24) is 4.98 Å². The van der Waals surface area contributed by atoms with E-state index >= 15 is 0 Å². The first-order chi connectivity index (χ1) is 13.6. The average molecular weight is 392 g/mol. The van der Waals surface area contributed by atoms with E-state index in [9.17, 15) is 15.4 Å². The van der Waals surface area contributed by atoms with Gasteiger partial charge in [0.2, 0.25) is 6.79 Å². The number of nitrogens with zero attached hydrogens (tertiary/aromatic N) is 3. The molecule has 0 fully saturated rings. The summed E-state index contributed by atoms with van der Waals surface area (Å²) < 4.78 is 10.7. The molecule has 1 aliphatic heterocycles. The molecule has 0 spiro atoms. The van der Waals surface area contributed by atoms with Crippen LogP contribution in [0.3, 0.4) is 0 Å². The van der Waals surface area contributed by atoms with Crippen LogP contribution < -0.4 is 14.8 Å². The van der Waals surface area contributed by atoms with Gasteiger partial charge in [0.25, 0.3) is 5.69 Å². The lowest BCUT2D eigenvalue weighted by atomic mass is 10.1. The molecule has 0 saturated heterocycles. The number of nitro groups is 1.